The van der Waals surface area contributed by atoms with Gasteiger partial charge in [-0.25, -0.2) is 13.2 Å². The predicted octanol–water partition coefficient (Wildman–Crippen LogP) is 2.83. The number of halogens is 1. The quantitative estimate of drug-likeness (QED) is 0.846. The Hall–Kier alpha value is -1.27. The van der Waals surface area contributed by atoms with Gasteiger partial charge in [0.15, 0.2) is 0 Å². The lowest BCUT2D eigenvalue weighted by molar-refractivity contribution is 0.0698. The van der Waals surface area contributed by atoms with E-state index in [0.717, 1.165) is 0 Å². The topological polar surface area (TPSA) is 83.5 Å². The summed E-state index contributed by atoms with van der Waals surface area (Å²) in [6, 6.07) is 4.27. The molecule has 0 unspecified atom stereocenters. The Morgan fingerprint density at radius 1 is 1.42 bits per heavy atom. The van der Waals surface area contributed by atoms with Gasteiger partial charge in [0, 0.05) is 0 Å². The highest BCUT2D eigenvalue weighted by Crippen LogP contribution is 2.25. The molecule has 0 saturated heterocycles. The minimum absolute atomic E-state index is 0.00319. The summed E-state index contributed by atoms with van der Waals surface area (Å²) in [6.07, 6.45) is 0.498. The van der Waals surface area contributed by atoms with E-state index in [1.165, 1.54) is 18.2 Å². The Bertz CT molecular complexity index is 569. The van der Waals surface area contributed by atoms with Crippen LogP contribution in [0.2, 0.25) is 5.02 Å². The fraction of sp³-hybridized carbons (Fsp3) is 0.417. The van der Waals surface area contributed by atoms with Crippen LogP contribution in [0.25, 0.3) is 0 Å². The van der Waals surface area contributed by atoms with Crippen LogP contribution in [0.4, 0.5) is 5.69 Å². The van der Waals surface area contributed by atoms with Crippen LogP contribution in [0, 0.1) is 5.92 Å². The van der Waals surface area contributed by atoms with Crippen molar-refractivity contribution in [2.24, 2.45) is 5.92 Å². The second kappa shape index (κ2) is 6.25. The molecule has 0 aliphatic rings. The zero-order valence-electron chi connectivity index (χ0n) is 10.7. The van der Waals surface area contributed by atoms with Crippen LogP contribution in [0.15, 0.2) is 18.2 Å². The maximum Gasteiger partial charge on any atom is 0.339 e. The summed E-state index contributed by atoms with van der Waals surface area (Å²) in [4.78, 5) is 11.1. The first-order valence-corrected chi connectivity index (χ1v) is 7.78. The summed E-state index contributed by atoms with van der Waals surface area (Å²) in [6.45, 7) is 3.83. The Kier molecular flexibility index (Phi) is 5.20. The van der Waals surface area contributed by atoms with Crippen molar-refractivity contribution in [1.82, 2.24) is 0 Å². The molecule has 0 bridgehead atoms. The molecule has 0 radical (unpaired) electrons. The molecule has 0 heterocycles. The Labute approximate surface area is 117 Å². The molecule has 1 rings (SSSR count). The number of sulfonamides is 1. The molecular weight excluding hydrogens is 290 g/mol. The van der Waals surface area contributed by atoms with Gasteiger partial charge in [-0.2, -0.15) is 0 Å². The third-order valence-corrected chi connectivity index (χ3v) is 4.08. The number of benzene rings is 1. The van der Waals surface area contributed by atoms with Gasteiger partial charge in [-0.1, -0.05) is 31.5 Å². The fourth-order valence-corrected chi connectivity index (χ4v) is 3.08. The van der Waals surface area contributed by atoms with E-state index >= 15 is 0 Å². The highest BCUT2D eigenvalue weighted by atomic mass is 35.5. The highest BCUT2D eigenvalue weighted by molar-refractivity contribution is 7.92. The average Bonchev–Trinajstić information content (AvgIpc) is 2.25. The van der Waals surface area contributed by atoms with Crippen LogP contribution in [0.3, 0.4) is 0 Å². The van der Waals surface area contributed by atoms with Crippen LogP contribution in [0.1, 0.15) is 30.6 Å². The summed E-state index contributed by atoms with van der Waals surface area (Å²) < 4.78 is 26.0. The average molecular weight is 306 g/mol. The molecule has 0 saturated carbocycles. The number of carboxylic acid groups (broad SMARTS) is 1. The number of anilines is 1. The number of hydrogen-bond acceptors (Lipinski definition) is 3. The van der Waals surface area contributed by atoms with Gasteiger partial charge in [-0.3, -0.25) is 4.72 Å². The fourth-order valence-electron chi connectivity index (χ4n) is 1.44. The van der Waals surface area contributed by atoms with E-state index in [-0.39, 0.29) is 27.9 Å². The summed E-state index contributed by atoms with van der Waals surface area (Å²) in [7, 11) is -3.57. The Balaban J connectivity index is 3.00. The van der Waals surface area contributed by atoms with E-state index in [1.54, 1.807) is 0 Å². The van der Waals surface area contributed by atoms with Gasteiger partial charge < -0.3 is 5.11 Å². The van der Waals surface area contributed by atoms with Crippen LogP contribution < -0.4 is 4.72 Å². The molecule has 7 heteroatoms. The van der Waals surface area contributed by atoms with Crippen molar-refractivity contribution in [2.75, 3.05) is 10.5 Å². The molecule has 0 aliphatic carbocycles. The molecule has 19 heavy (non-hydrogen) atoms. The molecule has 2 N–H and O–H groups in total. The van der Waals surface area contributed by atoms with Gasteiger partial charge in [0.25, 0.3) is 0 Å². The molecule has 0 spiro atoms. The molecule has 0 atom stereocenters. The summed E-state index contributed by atoms with van der Waals surface area (Å²) in [5.41, 5.74) is -0.249. The number of rotatable bonds is 6. The van der Waals surface area contributed by atoms with Gasteiger partial charge in [-0.15, -0.1) is 0 Å². The standard InChI is InChI=1S/C12H16ClNO4S/c1-8(2)6-7-19(17,18)14-10-5-3-4-9(13)11(10)12(15)16/h3-5,8,14H,6-7H2,1-2H3,(H,15,16). The molecule has 0 fully saturated rings. The first-order chi connectivity index (χ1) is 8.73. The molecule has 106 valence electrons. The van der Waals surface area contributed by atoms with Gasteiger partial charge in [-0.05, 0) is 24.5 Å². The van der Waals surface area contributed by atoms with Crippen molar-refractivity contribution in [3.8, 4) is 0 Å². The monoisotopic (exact) mass is 305 g/mol. The van der Waals surface area contributed by atoms with Crippen molar-refractivity contribution in [1.29, 1.82) is 0 Å². The number of aromatic carboxylic acids is 1. The van der Waals surface area contributed by atoms with Crippen LogP contribution in [0.5, 0.6) is 0 Å². The lowest BCUT2D eigenvalue weighted by Crippen LogP contribution is -2.19. The summed E-state index contributed by atoms with van der Waals surface area (Å²) in [5, 5.41) is 9.04. The number of hydrogen-bond donors (Lipinski definition) is 2. The van der Waals surface area contributed by atoms with Crippen LogP contribution >= 0.6 is 11.6 Å². The second-order valence-electron chi connectivity index (χ2n) is 4.57. The van der Waals surface area contributed by atoms with Crippen molar-refractivity contribution < 1.29 is 18.3 Å². The van der Waals surface area contributed by atoms with E-state index in [9.17, 15) is 13.2 Å². The van der Waals surface area contributed by atoms with Crippen LogP contribution in [-0.4, -0.2) is 25.2 Å². The Morgan fingerprint density at radius 2 is 2.05 bits per heavy atom. The van der Waals surface area contributed by atoms with Gasteiger partial charge in [0.2, 0.25) is 10.0 Å². The number of nitrogens with one attached hydrogen (secondary N) is 1. The lowest BCUT2D eigenvalue weighted by Gasteiger charge is -2.12. The third kappa shape index (κ3) is 4.72. The first-order valence-electron chi connectivity index (χ1n) is 5.75. The molecule has 0 aliphatic heterocycles. The molecular formula is C12H16ClNO4S. The largest absolute Gasteiger partial charge is 0.478 e. The zero-order valence-corrected chi connectivity index (χ0v) is 12.3. The van der Waals surface area contributed by atoms with E-state index in [4.69, 9.17) is 16.7 Å². The Morgan fingerprint density at radius 3 is 2.58 bits per heavy atom. The minimum Gasteiger partial charge on any atom is -0.478 e. The number of carboxylic acids is 1. The van der Waals surface area contributed by atoms with Crippen LogP contribution in [-0.2, 0) is 10.0 Å². The molecule has 0 aromatic heterocycles. The maximum atomic E-state index is 11.8. The van der Waals surface area contributed by atoms with Crippen molar-refractivity contribution in [2.45, 2.75) is 20.3 Å². The SMILES string of the molecule is CC(C)CCS(=O)(=O)Nc1cccc(Cl)c1C(=O)O. The van der Waals surface area contributed by atoms with Gasteiger partial charge >= 0.3 is 5.97 Å². The summed E-state index contributed by atoms with van der Waals surface area (Å²) >= 11 is 5.77. The van der Waals surface area contributed by atoms with Gasteiger partial charge in [0.1, 0.15) is 5.56 Å². The van der Waals surface area contributed by atoms with Gasteiger partial charge in [0.05, 0.1) is 16.5 Å². The smallest absolute Gasteiger partial charge is 0.339 e. The molecule has 5 nitrogen and oxygen atoms in total. The van der Waals surface area contributed by atoms with E-state index in [1.807, 2.05) is 13.8 Å². The van der Waals surface area contributed by atoms with E-state index in [0.29, 0.717) is 6.42 Å². The zero-order chi connectivity index (χ0) is 14.6. The molecule has 0 amide bonds. The summed E-state index contributed by atoms with van der Waals surface area (Å²) in [5.74, 6) is -1.09. The predicted molar refractivity (Wildman–Crippen MR) is 75.3 cm³/mol. The number of carbonyl (C=O) groups is 1. The van der Waals surface area contributed by atoms with Crippen molar-refractivity contribution in [3.05, 3.63) is 28.8 Å². The van der Waals surface area contributed by atoms with Crippen molar-refractivity contribution >= 4 is 33.3 Å². The lowest BCUT2D eigenvalue weighted by atomic mass is 10.2. The van der Waals surface area contributed by atoms with E-state index < -0.39 is 16.0 Å². The van der Waals surface area contributed by atoms with E-state index in [2.05, 4.69) is 4.72 Å². The normalized spacial score (nSPS) is 11.6. The maximum absolute atomic E-state index is 11.8. The molecule has 1 aromatic carbocycles. The molecule has 1 aromatic rings. The first kappa shape index (κ1) is 15.8. The van der Waals surface area contributed by atoms with Crippen molar-refractivity contribution in [3.63, 3.8) is 0 Å². The second-order valence-corrected chi connectivity index (χ2v) is 6.82. The third-order valence-electron chi connectivity index (χ3n) is 2.46. The minimum atomic E-state index is -3.57. The highest BCUT2D eigenvalue weighted by Gasteiger charge is 2.19.